The Labute approximate surface area is 172 Å². The standard InChI is InChI=1S/C23H28ClN3O/c1-25(22-11-4-7-18-6-2-3-10-21(18)22)17-23(28)27-14-12-26(13-15-27)20-9-5-8-19(24)16-20/h2-3,5-6,8-10,16,22H,4,7,11-15,17H2,1H3/p+1/t22-/m0/s1. The number of piperazine rings is 1. The number of aryl methyl sites for hydroxylation is 1. The molecule has 1 fully saturated rings. The number of hydrogen-bond donors (Lipinski definition) is 1. The Hall–Kier alpha value is -2.04. The highest BCUT2D eigenvalue weighted by molar-refractivity contribution is 6.30. The van der Waals surface area contributed by atoms with Crippen molar-refractivity contribution in [3.05, 3.63) is 64.7 Å². The zero-order chi connectivity index (χ0) is 19.5. The molecule has 1 amide bonds. The zero-order valence-corrected chi connectivity index (χ0v) is 17.3. The highest BCUT2D eigenvalue weighted by atomic mass is 35.5. The number of nitrogens with zero attached hydrogens (tertiary/aromatic N) is 2. The van der Waals surface area contributed by atoms with Crippen molar-refractivity contribution in [1.82, 2.24) is 4.90 Å². The lowest BCUT2D eigenvalue weighted by Gasteiger charge is -2.37. The summed E-state index contributed by atoms with van der Waals surface area (Å²) in [4.78, 5) is 18.6. The van der Waals surface area contributed by atoms with Crippen LogP contribution in [-0.4, -0.2) is 50.6 Å². The van der Waals surface area contributed by atoms with Gasteiger partial charge in [-0.05, 0) is 36.6 Å². The fourth-order valence-corrected chi connectivity index (χ4v) is 4.81. The third kappa shape index (κ3) is 4.18. The molecule has 2 aromatic carbocycles. The number of nitrogens with one attached hydrogen (secondary N) is 1. The maximum atomic E-state index is 12.9. The number of amides is 1. The van der Waals surface area contributed by atoms with Gasteiger partial charge in [-0.15, -0.1) is 0 Å². The summed E-state index contributed by atoms with van der Waals surface area (Å²) < 4.78 is 0. The minimum atomic E-state index is 0.270. The molecule has 1 aliphatic heterocycles. The average Bonchev–Trinajstić information content (AvgIpc) is 2.73. The van der Waals surface area contributed by atoms with Crippen LogP contribution in [0.5, 0.6) is 0 Å². The molecular formula is C23H29ClN3O+. The van der Waals surface area contributed by atoms with Crippen LogP contribution in [0.15, 0.2) is 48.5 Å². The molecule has 2 atom stereocenters. The summed E-state index contributed by atoms with van der Waals surface area (Å²) >= 11 is 6.12. The zero-order valence-electron chi connectivity index (χ0n) is 16.5. The maximum absolute atomic E-state index is 12.9. The van der Waals surface area contributed by atoms with Crippen LogP contribution in [0, 0.1) is 0 Å². The second kappa shape index (κ2) is 8.54. The molecule has 4 rings (SSSR count). The first-order chi connectivity index (χ1) is 13.6. The number of halogens is 1. The number of carbonyl (C=O) groups excluding carboxylic acids is 1. The molecule has 1 unspecified atom stereocenters. The van der Waals surface area contributed by atoms with Crippen molar-refractivity contribution < 1.29 is 9.69 Å². The Morgan fingerprint density at radius 1 is 1.11 bits per heavy atom. The van der Waals surface area contributed by atoms with Gasteiger partial charge in [-0.3, -0.25) is 4.79 Å². The van der Waals surface area contributed by atoms with Crippen molar-refractivity contribution >= 4 is 23.2 Å². The number of rotatable bonds is 4. The third-order valence-electron chi connectivity index (χ3n) is 6.20. The van der Waals surface area contributed by atoms with Crippen LogP contribution >= 0.6 is 11.6 Å². The van der Waals surface area contributed by atoms with Crippen molar-refractivity contribution in [3.8, 4) is 0 Å². The van der Waals surface area contributed by atoms with Crippen molar-refractivity contribution in [3.63, 3.8) is 0 Å². The summed E-state index contributed by atoms with van der Waals surface area (Å²) in [5.41, 5.74) is 4.03. The van der Waals surface area contributed by atoms with Gasteiger partial charge in [0.2, 0.25) is 0 Å². The summed E-state index contributed by atoms with van der Waals surface area (Å²) in [6, 6.07) is 17.1. The van der Waals surface area contributed by atoms with Gasteiger partial charge in [-0.25, -0.2) is 0 Å². The SMILES string of the molecule is C[NH+](CC(=O)N1CCN(c2cccc(Cl)c2)CC1)[C@H]1CCCc2ccccc21. The van der Waals surface area contributed by atoms with E-state index in [1.165, 1.54) is 35.3 Å². The number of fused-ring (bicyclic) bond motifs is 1. The van der Waals surface area contributed by atoms with Crippen LogP contribution in [0.1, 0.15) is 30.0 Å². The quantitative estimate of drug-likeness (QED) is 0.857. The lowest BCUT2D eigenvalue weighted by molar-refractivity contribution is -0.905. The van der Waals surface area contributed by atoms with Gasteiger partial charge in [0.1, 0.15) is 6.04 Å². The number of hydrogen-bond acceptors (Lipinski definition) is 2. The van der Waals surface area contributed by atoms with E-state index in [0.29, 0.717) is 12.6 Å². The summed E-state index contributed by atoms with van der Waals surface area (Å²) in [5.74, 6) is 0.270. The van der Waals surface area contributed by atoms with E-state index < -0.39 is 0 Å². The lowest BCUT2D eigenvalue weighted by atomic mass is 9.87. The third-order valence-corrected chi connectivity index (χ3v) is 6.44. The predicted octanol–water partition coefficient (Wildman–Crippen LogP) is 2.58. The van der Waals surface area contributed by atoms with Crippen molar-refractivity contribution in [2.75, 3.05) is 44.7 Å². The minimum Gasteiger partial charge on any atom is -0.368 e. The molecular weight excluding hydrogens is 370 g/mol. The maximum Gasteiger partial charge on any atom is 0.277 e. The summed E-state index contributed by atoms with van der Waals surface area (Å²) in [7, 11) is 2.17. The number of benzene rings is 2. The monoisotopic (exact) mass is 398 g/mol. The fourth-order valence-electron chi connectivity index (χ4n) is 4.63. The average molecular weight is 399 g/mol. The molecule has 0 aromatic heterocycles. The molecule has 1 N–H and O–H groups in total. The Bertz CT molecular complexity index is 832. The Kier molecular flexibility index (Phi) is 5.88. The summed E-state index contributed by atoms with van der Waals surface area (Å²) in [5, 5.41) is 0.758. The van der Waals surface area contributed by atoms with Crippen LogP contribution in [0.3, 0.4) is 0 Å². The first-order valence-electron chi connectivity index (χ1n) is 10.3. The molecule has 1 aliphatic carbocycles. The molecule has 1 saturated heterocycles. The molecule has 148 valence electrons. The number of quaternary nitrogens is 1. The van der Waals surface area contributed by atoms with Crippen molar-refractivity contribution in [1.29, 1.82) is 0 Å². The highest BCUT2D eigenvalue weighted by Gasteiger charge is 2.30. The van der Waals surface area contributed by atoms with E-state index in [1.807, 2.05) is 23.1 Å². The van der Waals surface area contributed by atoms with Gasteiger partial charge in [-0.2, -0.15) is 0 Å². The first-order valence-corrected chi connectivity index (χ1v) is 10.7. The molecule has 0 saturated carbocycles. The summed E-state index contributed by atoms with van der Waals surface area (Å²) in [6.07, 6.45) is 3.55. The van der Waals surface area contributed by atoms with Gasteiger partial charge in [-0.1, -0.05) is 41.9 Å². The number of likely N-dealkylation sites (N-methyl/N-ethyl adjacent to an activating group) is 1. The summed E-state index contributed by atoms with van der Waals surface area (Å²) in [6.45, 7) is 3.84. The van der Waals surface area contributed by atoms with E-state index >= 15 is 0 Å². The van der Waals surface area contributed by atoms with E-state index in [2.05, 4.69) is 42.3 Å². The Morgan fingerprint density at radius 3 is 2.68 bits per heavy atom. The van der Waals surface area contributed by atoms with Crippen LogP contribution < -0.4 is 9.80 Å². The van der Waals surface area contributed by atoms with E-state index in [-0.39, 0.29) is 5.91 Å². The van der Waals surface area contributed by atoms with E-state index in [4.69, 9.17) is 11.6 Å². The molecule has 0 bridgehead atoms. The van der Waals surface area contributed by atoms with Gasteiger partial charge in [0.15, 0.2) is 6.54 Å². The first kappa shape index (κ1) is 19.3. The van der Waals surface area contributed by atoms with E-state index in [9.17, 15) is 4.79 Å². The van der Waals surface area contributed by atoms with Gasteiger partial charge < -0.3 is 14.7 Å². The molecule has 1 heterocycles. The van der Waals surface area contributed by atoms with Gasteiger partial charge in [0, 0.05) is 48.9 Å². The molecule has 0 spiro atoms. The topological polar surface area (TPSA) is 28.0 Å². The molecule has 2 aromatic rings. The molecule has 28 heavy (non-hydrogen) atoms. The van der Waals surface area contributed by atoms with Gasteiger partial charge in [0.05, 0.1) is 7.05 Å². The minimum absolute atomic E-state index is 0.270. The number of carbonyl (C=O) groups is 1. The number of anilines is 1. The van der Waals surface area contributed by atoms with Crippen molar-refractivity contribution in [2.45, 2.75) is 25.3 Å². The molecule has 5 heteroatoms. The van der Waals surface area contributed by atoms with Crippen LogP contribution in [0.4, 0.5) is 5.69 Å². The molecule has 4 nitrogen and oxygen atoms in total. The molecule has 2 aliphatic rings. The smallest absolute Gasteiger partial charge is 0.277 e. The molecule has 0 radical (unpaired) electrons. The fraction of sp³-hybridized carbons (Fsp3) is 0.435. The van der Waals surface area contributed by atoms with Crippen LogP contribution in [0.25, 0.3) is 0 Å². The Balaban J connectivity index is 1.34. The predicted molar refractivity (Wildman–Crippen MR) is 114 cm³/mol. The second-order valence-corrected chi connectivity index (χ2v) is 8.45. The second-order valence-electron chi connectivity index (χ2n) is 8.01. The van der Waals surface area contributed by atoms with Crippen LogP contribution in [0.2, 0.25) is 5.02 Å². The van der Waals surface area contributed by atoms with Gasteiger partial charge in [0.25, 0.3) is 5.91 Å². The van der Waals surface area contributed by atoms with E-state index in [1.54, 1.807) is 0 Å². The Morgan fingerprint density at radius 2 is 1.89 bits per heavy atom. The normalized spacial score (nSPS) is 20.6. The van der Waals surface area contributed by atoms with Crippen LogP contribution in [-0.2, 0) is 11.2 Å². The largest absolute Gasteiger partial charge is 0.368 e. The van der Waals surface area contributed by atoms with Crippen molar-refractivity contribution in [2.24, 2.45) is 0 Å². The van der Waals surface area contributed by atoms with Gasteiger partial charge >= 0.3 is 0 Å². The lowest BCUT2D eigenvalue weighted by Crippen LogP contribution is -3.10. The van der Waals surface area contributed by atoms with E-state index in [0.717, 1.165) is 36.9 Å². The highest BCUT2D eigenvalue weighted by Crippen LogP contribution is 2.27.